The van der Waals surface area contributed by atoms with E-state index in [1.807, 2.05) is 20.8 Å². The number of primary amides is 1. The molecule has 1 unspecified atom stereocenters. The summed E-state index contributed by atoms with van der Waals surface area (Å²) in [7, 11) is 0. The Morgan fingerprint density at radius 1 is 1.37 bits per heavy atom. The maximum Gasteiger partial charge on any atom is 0.407 e. The molecule has 0 bridgehead atoms. The molecule has 1 aliphatic rings. The number of nitrogens with zero attached hydrogens (tertiary/aromatic N) is 1. The number of hydrogen-bond acceptors (Lipinski definition) is 3. The lowest BCUT2D eigenvalue weighted by Crippen LogP contribution is -2.47. The summed E-state index contributed by atoms with van der Waals surface area (Å²) in [5, 5.41) is 2.71. The van der Waals surface area contributed by atoms with Crippen LogP contribution in [0.25, 0.3) is 0 Å². The molecule has 1 heterocycles. The molecule has 0 radical (unpaired) electrons. The van der Waals surface area contributed by atoms with Crippen molar-refractivity contribution in [2.45, 2.75) is 58.1 Å². The van der Waals surface area contributed by atoms with E-state index in [1.54, 1.807) is 4.90 Å². The number of carbonyl (C=O) groups is 2. The fourth-order valence-corrected chi connectivity index (χ4v) is 2.25. The predicted octanol–water partition coefficient (Wildman–Crippen LogP) is 1.83. The fraction of sp³-hybridized carbons (Fsp3) is 0.846. The Balaban J connectivity index is 2.31. The van der Waals surface area contributed by atoms with Crippen LogP contribution in [0, 0.1) is 0 Å². The number of amides is 3. The molecule has 19 heavy (non-hydrogen) atoms. The molecule has 1 fully saturated rings. The monoisotopic (exact) mass is 271 g/mol. The Bertz CT molecular complexity index is 326. The summed E-state index contributed by atoms with van der Waals surface area (Å²) in [6, 6.07) is -0.247. The SMILES string of the molecule is CC(C)(C)OC(=O)NCCC1CCCCN1C(N)=O. The fourth-order valence-electron chi connectivity index (χ4n) is 2.25. The molecule has 3 N–H and O–H groups in total. The second-order valence-corrected chi connectivity index (χ2v) is 5.90. The highest BCUT2D eigenvalue weighted by Gasteiger charge is 2.25. The van der Waals surface area contributed by atoms with Crippen molar-refractivity contribution in [3.8, 4) is 0 Å². The number of carbonyl (C=O) groups excluding carboxylic acids is 2. The molecule has 0 aliphatic carbocycles. The van der Waals surface area contributed by atoms with Crippen molar-refractivity contribution >= 4 is 12.1 Å². The zero-order valence-corrected chi connectivity index (χ0v) is 12.1. The van der Waals surface area contributed by atoms with Gasteiger partial charge in [-0.25, -0.2) is 9.59 Å². The van der Waals surface area contributed by atoms with Gasteiger partial charge in [-0.1, -0.05) is 0 Å². The second kappa shape index (κ2) is 6.63. The van der Waals surface area contributed by atoms with E-state index in [0.29, 0.717) is 19.5 Å². The molecule has 6 nitrogen and oxygen atoms in total. The second-order valence-electron chi connectivity index (χ2n) is 5.90. The molecule has 0 spiro atoms. The number of rotatable bonds is 3. The normalized spacial score (nSPS) is 19.9. The lowest BCUT2D eigenvalue weighted by atomic mass is 10.00. The number of nitrogens with two attached hydrogens (primary N) is 1. The first-order valence-corrected chi connectivity index (χ1v) is 6.82. The van der Waals surface area contributed by atoms with Crippen LogP contribution in [-0.4, -0.2) is 41.8 Å². The average Bonchev–Trinajstić information content (AvgIpc) is 2.27. The van der Waals surface area contributed by atoms with Crippen LogP contribution >= 0.6 is 0 Å². The lowest BCUT2D eigenvalue weighted by Gasteiger charge is -2.34. The Morgan fingerprint density at radius 2 is 2.05 bits per heavy atom. The Kier molecular flexibility index (Phi) is 5.44. The highest BCUT2D eigenvalue weighted by atomic mass is 16.6. The van der Waals surface area contributed by atoms with E-state index >= 15 is 0 Å². The third-order valence-electron chi connectivity index (χ3n) is 3.06. The molecular weight excluding hydrogens is 246 g/mol. The summed E-state index contributed by atoms with van der Waals surface area (Å²) in [5.74, 6) is 0. The Morgan fingerprint density at radius 3 is 2.63 bits per heavy atom. The summed E-state index contributed by atoms with van der Waals surface area (Å²) >= 11 is 0. The number of hydrogen-bond donors (Lipinski definition) is 2. The lowest BCUT2D eigenvalue weighted by molar-refractivity contribution is 0.0522. The van der Waals surface area contributed by atoms with Crippen molar-refractivity contribution in [1.82, 2.24) is 10.2 Å². The third kappa shape index (κ3) is 5.81. The Hall–Kier alpha value is -1.46. The van der Waals surface area contributed by atoms with E-state index < -0.39 is 11.7 Å². The van der Waals surface area contributed by atoms with E-state index in [-0.39, 0.29) is 12.1 Å². The maximum absolute atomic E-state index is 11.5. The van der Waals surface area contributed by atoms with Crippen molar-refractivity contribution in [2.24, 2.45) is 5.73 Å². The van der Waals surface area contributed by atoms with E-state index in [9.17, 15) is 9.59 Å². The summed E-state index contributed by atoms with van der Waals surface area (Å²) in [6.07, 6.45) is 3.33. The summed E-state index contributed by atoms with van der Waals surface area (Å²) < 4.78 is 5.15. The minimum Gasteiger partial charge on any atom is -0.444 e. The van der Waals surface area contributed by atoms with Crippen molar-refractivity contribution in [2.75, 3.05) is 13.1 Å². The molecule has 0 saturated carbocycles. The van der Waals surface area contributed by atoms with Gasteiger partial charge in [-0.2, -0.15) is 0 Å². The summed E-state index contributed by atoms with van der Waals surface area (Å²) in [6.45, 7) is 6.67. The van der Waals surface area contributed by atoms with Gasteiger partial charge in [0.25, 0.3) is 0 Å². The standard InChI is InChI=1S/C13H25N3O3/c1-13(2,3)19-12(18)15-8-7-10-6-4-5-9-16(10)11(14)17/h10H,4-9H2,1-3H3,(H2,14,17)(H,15,18). The van der Waals surface area contributed by atoms with Crippen molar-refractivity contribution in [3.05, 3.63) is 0 Å². The molecule has 0 aromatic heterocycles. The first-order chi connectivity index (χ1) is 8.79. The molecule has 1 aliphatic heterocycles. The van der Waals surface area contributed by atoms with Gasteiger partial charge in [0.2, 0.25) is 0 Å². The van der Waals surface area contributed by atoms with Gasteiger partial charge in [0, 0.05) is 19.1 Å². The van der Waals surface area contributed by atoms with Gasteiger partial charge in [-0.3, -0.25) is 0 Å². The zero-order valence-electron chi connectivity index (χ0n) is 12.1. The van der Waals surface area contributed by atoms with Gasteiger partial charge in [0.1, 0.15) is 5.60 Å². The van der Waals surface area contributed by atoms with Crippen LogP contribution in [0.3, 0.4) is 0 Å². The number of nitrogens with one attached hydrogen (secondary N) is 1. The minimum absolute atomic E-state index is 0.126. The average molecular weight is 271 g/mol. The van der Waals surface area contributed by atoms with Gasteiger partial charge in [-0.05, 0) is 46.5 Å². The van der Waals surface area contributed by atoms with Gasteiger partial charge in [-0.15, -0.1) is 0 Å². The van der Waals surface area contributed by atoms with Crippen LogP contribution < -0.4 is 11.1 Å². The molecule has 1 rings (SSSR count). The van der Waals surface area contributed by atoms with E-state index in [4.69, 9.17) is 10.5 Å². The first kappa shape index (κ1) is 15.6. The molecule has 1 atom stereocenters. The van der Waals surface area contributed by atoms with E-state index in [1.165, 1.54) is 0 Å². The highest BCUT2D eigenvalue weighted by molar-refractivity contribution is 5.72. The van der Waals surface area contributed by atoms with Gasteiger partial charge in [0.15, 0.2) is 0 Å². The number of urea groups is 1. The third-order valence-corrected chi connectivity index (χ3v) is 3.06. The van der Waals surface area contributed by atoms with E-state index in [0.717, 1.165) is 19.3 Å². The minimum atomic E-state index is -0.492. The predicted molar refractivity (Wildman–Crippen MR) is 72.8 cm³/mol. The molecule has 0 aromatic rings. The van der Waals surface area contributed by atoms with Crippen LogP contribution in [0.15, 0.2) is 0 Å². The van der Waals surface area contributed by atoms with Crippen molar-refractivity contribution in [1.29, 1.82) is 0 Å². The van der Waals surface area contributed by atoms with Crippen LogP contribution in [-0.2, 0) is 4.74 Å². The molecule has 3 amide bonds. The van der Waals surface area contributed by atoms with Gasteiger partial charge >= 0.3 is 12.1 Å². The summed E-state index contributed by atoms with van der Waals surface area (Å²) in [4.78, 5) is 24.5. The quantitative estimate of drug-likeness (QED) is 0.821. The smallest absolute Gasteiger partial charge is 0.407 e. The molecule has 110 valence electrons. The first-order valence-electron chi connectivity index (χ1n) is 6.82. The van der Waals surface area contributed by atoms with Crippen molar-refractivity contribution in [3.63, 3.8) is 0 Å². The number of ether oxygens (including phenoxy) is 1. The topological polar surface area (TPSA) is 84.7 Å². The molecular formula is C13H25N3O3. The van der Waals surface area contributed by atoms with Crippen LogP contribution in [0.5, 0.6) is 0 Å². The van der Waals surface area contributed by atoms with Crippen LogP contribution in [0.1, 0.15) is 46.5 Å². The van der Waals surface area contributed by atoms with Gasteiger partial charge in [0.05, 0.1) is 0 Å². The molecule has 6 heteroatoms. The number of likely N-dealkylation sites (tertiary alicyclic amines) is 1. The number of piperidine rings is 1. The maximum atomic E-state index is 11.5. The van der Waals surface area contributed by atoms with Crippen molar-refractivity contribution < 1.29 is 14.3 Å². The largest absolute Gasteiger partial charge is 0.444 e. The Labute approximate surface area is 114 Å². The van der Waals surface area contributed by atoms with Crippen LogP contribution in [0.4, 0.5) is 9.59 Å². The van der Waals surface area contributed by atoms with Gasteiger partial charge < -0.3 is 20.7 Å². The molecule has 0 aromatic carbocycles. The highest BCUT2D eigenvalue weighted by Crippen LogP contribution is 2.18. The molecule has 1 saturated heterocycles. The van der Waals surface area contributed by atoms with E-state index in [2.05, 4.69) is 5.32 Å². The zero-order chi connectivity index (χ0) is 14.5. The summed E-state index contributed by atoms with van der Waals surface area (Å²) in [5.41, 5.74) is 4.86. The number of alkyl carbamates (subject to hydrolysis) is 1. The van der Waals surface area contributed by atoms with Crippen LogP contribution in [0.2, 0.25) is 0 Å².